The van der Waals surface area contributed by atoms with Gasteiger partial charge in [0.25, 0.3) is 0 Å². The molecule has 0 unspecified atom stereocenters. The summed E-state index contributed by atoms with van der Waals surface area (Å²) < 4.78 is 16.0. The van der Waals surface area contributed by atoms with Gasteiger partial charge >= 0.3 is 0 Å². The summed E-state index contributed by atoms with van der Waals surface area (Å²) in [6, 6.07) is 5.90. The first-order valence-electron chi connectivity index (χ1n) is 6.70. The van der Waals surface area contributed by atoms with Gasteiger partial charge in [-0.3, -0.25) is 0 Å². The maximum atomic E-state index is 5.49. The van der Waals surface area contributed by atoms with Crippen LogP contribution in [0.25, 0.3) is 0 Å². The van der Waals surface area contributed by atoms with Crippen LogP contribution in [-0.4, -0.2) is 33.5 Å². The zero-order valence-electron chi connectivity index (χ0n) is 12.4. The zero-order chi connectivity index (χ0) is 14.1. The van der Waals surface area contributed by atoms with Crippen molar-refractivity contribution >= 4 is 0 Å². The Morgan fingerprint density at radius 3 is 2.21 bits per heavy atom. The largest absolute Gasteiger partial charge is 0.497 e. The first-order valence-corrected chi connectivity index (χ1v) is 6.70. The van der Waals surface area contributed by atoms with E-state index in [4.69, 9.17) is 14.2 Å². The van der Waals surface area contributed by atoms with Gasteiger partial charge in [-0.25, -0.2) is 0 Å². The molecule has 0 aliphatic rings. The van der Waals surface area contributed by atoms with E-state index in [1.54, 1.807) is 14.2 Å². The van der Waals surface area contributed by atoms with Crippen LogP contribution in [0.4, 0.5) is 0 Å². The lowest BCUT2D eigenvalue weighted by Crippen LogP contribution is -2.17. The highest BCUT2D eigenvalue weighted by Crippen LogP contribution is 2.22. The summed E-state index contributed by atoms with van der Waals surface area (Å²) in [5, 5.41) is 3.39. The van der Waals surface area contributed by atoms with Crippen molar-refractivity contribution in [3.8, 4) is 11.5 Å². The fraction of sp³-hybridized carbons (Fsp3) is 0.600. The molecule has 0 aliphatic carbocycles. The minimum Gasteiger partial charge on any atom is -0.497 e. The van der Waals surface area contributed by atoms with E-state index in [-0.39, 0.29) is 0 Å². The number of methoxy groups -OCH3 is 2. The molecule has 0 fully saturated rings. The number of hydrogen-bond acceptors (Lipinski definition) is 4. The molecule has 1 aromatic rings. The van der Waals surface area contributed by atoms with Crippen molar-refractivity contribution in [3.05, 3.63) is 23.8 Å². The molecular weight excluding hydrogens is 242 g/mol. The summed E-state index contributed by atoms with van der Waals surface area (Å²) in [4.78, 5) is 0. The molecule has 19 heavy (non-hydrogen) atoms. The van der Waals surface area contributed by atoms with Crippen molar-refractivity contribution < 1.29 is 14.2 Å². The van der Waals surface area contributed by atoms with E-state index in [0.29, 0.717) is 6.10 Å². The molecule has 0 bridgehead atoms. The van der Waals surface area contributed by atoms with Gasteiger partial charge < -0.3 is 19.5 Å². The molecule has 0 spiro atoms. The third-order valence-corrected chi connectivity index (χ3v) is 2.69. The van der Waals surface area contributed by atoms with Crippen LogP contribution in [0.5, 0.6) is 11.5 Å². The summed E-state index contributed by atoms with van der Waals surface area (Å²) in [5.41, 5.74) is 1.15. The molecule has 4 heteroatoms. The average molecular weight is 267 g/mol. The van der Waals surface area contributed by atoms with Crippen LogP contribution in [0.2, 0.25) is 0 Å². The summed E-state index contributed by atoms with van der Waals surface area (Å²) in [6.07, 6.45) is 1.32. The Balaban J connectivity index is 2.32. The first kappa shape index (κ1) is 15.8. The lowest BCUT2D eigenvalue weighted by molar-refractivity contribution is 0.0770. The quantitative estimate of drug-likeness (QED) is 0.698. The molecule has 0 saturated heterocycles. The Bertz CT molecular complexity index is 344. The maximum Gasteiger partial charge on any atom is 0.122 e. The van der Waals surface area contributed by atoms with Crippen LogP contribution in [0.15, 0.2) is 18.2 Å². The minimum absolute atomic E-state index is 0.308. The highest BCUT2D eigenvalue weighted by molar-refractivity contribution is 5.38. The van der Waals surface area contributed by atoms with Gasteiger partial charge in [0, 0.05) is 19.2 Å². The van der Waals surface area contributed by atoms with Gasteiger partial charge in [0.2, 0.25) is 0 Å². The molecule has 0 saturated carbocycles. The van der Waals surface area contributed by atoms with Crippen molar-refractivity contribution in [3.63, 3.8) is 0 Å². The fourth-order valence-corrected chi connectivity index (χ4v) is 1.72. The van der Waals surface area contributed by atoms with E-state index in [9.17, 15) is 0 Å². The fourth-order valence-electron chi connectivity index (χ4n) is 1.72. The standard InChI is InChI=1S/C15H25NO3/c1-12(2)19-7-5-6-16-11-13-8-14(17-3)10-15(9-13)18-4/h8-10,12,16H,5-7,11H2,1-4H3. The summed E-state index contributed by atoms with van der Waals surface area (Å²) in [7, 11) is 3.32. The number of ether oxygens (including phenoxy) is 3. The van der Waals surface area contributed by atoms with Crippen LogP contribution in [0.1, 0.15) is 25.8 Å². The second-order valence-electron chi connectivity index (χ2n) is 4.67. The van der Waals surface area contributed by atoms with E-state index in [0.717, 1.165) is 43.2 Å². The van der Waals surface area contributed by atoms with Crippen LogP contribution in [0.3, 0.4) is 0 Å². The second kappa shape index (κ2) is 8.77. The SMILES string of the molecule is COc1cc(CNCCCOC(C)C)cc(OC)c1. The maximum absolute atomic E-state index is 5.49. The predicted molar refractivity (Wildman–Crippen MR) is 77.0 cm³/mol. The zero-order valence-corrected chi connectivity index (χ0v) is 12.4. The minimum atomic E-state index is 0.308. The van der Waals surface area contributed by atoms with Gasteiger partial charge in [-0.1, -0.05) is 0 Å². The van der Waals surface area contributed by atoms with Crippen LogP contribution >= 0.6 is 0 Å². The Morgan fingerprint density at radius 2 is 1.68 bits per heavy atom. The van der Waals surface area contributed by atoms with E-state index < -0.39 is 0 Å². The van der Waals surface area contributed by atoms with Crippen LogP contribution < -0.4 is 14.8 Å². The molecule has 1 N–H and O–H groups in total. The molecule has 0 amide bonds. The van der Waals surface area contributed by atoms with Crippen molar-refractivity contribution in [2.24, 2.45) is 0 Å². The highest BCUT2D eigenvalue weighted by atomic mass is 16.5. The van der Waals surface area contributed by atoms with Gasteiger partial charge in [-0.05, 0) is 44.5 Å². The van der Waals surface area contributed by atoms with Crippen molar-refractivity contribution in [2.75, 3.05) is 27.4 Å². The molecule has 0 aromatic heterocycles. The number of nitrogens with one attached hydrogen (secondary N) is 1. The third-order valence-electron chi connectivity index (χ3n) is 2.69. The Hall–Kier alpha value is -1.26. The molecule has 0 radical (unpaired) electrons. The second-order valence-corrected chi connectivity index (χ2v) is 4.67. The van der Waals surface area contributed by atoms with Crippen LogP contribution in [0, 0.1) is 0 Å². The Morgan fingerprint density at radius 1 is 1.05 bits per heavy atom. The number of rotatable bonds is 9. The normalized spacial score (nSPS) is 10.8. The van der Waals surface area contributed by atoms with E-state index in [2.05, 4.69) is 19.2 Å². The van der Waals surface area contributed by atoms with E-state index in [1.807, 2.05) is 18.2 Å². The third kappa shape index (κ3) is 6.45. The molecule has 0 aliphatic heterocycles. The first-order chi connectivity index (χ1) is 9.15. The van der Waals surface area contributed by atoms with Gasteiger partial charge in [0.1, 0.15) is 11.5 Å². The molecule has 0 atom stereocenters. The summed E-state index contributed by atoms with van der Waals surface area (Å²) >= 11 is 0. The smallest absolute Gasteiger partial charge is 0.122 e. The number of hydrogen-bond donors (Lipinski definition) is 1. The molecule has 4 nitrogen and oxygen atoms in total. The van der Waals surface area contributed by atoms with Crippen molar-refractivity contribution in [1.82, 2.24) is 5.32 Å². The number of benzene rings is 1. The topological polar surface area (TPSA) is 39.7 Å². The monoisotopic (exact) mass is 267 g/mol. The predicted octanol–water partition coefficient (Wildman–Crippen LogP) is 2.61. The van der Waals surface area contributed by atoms with Gasteiger partial charge in [-0.2, -0.15) is 0 Å². The lowest BCUT2D eigenvalue weighted by atomic mass is 10.2. The molecule has 1 rings (SSSR count). The molecule has 108 valence electrons. The van der Waals surface area contributed by atoms with Gasteiger partial charge in [0.15, 0.2) is 0 Å². The molecule has 1 aromatic carbocycles. The average Bonchev–Trinajstić information content (AvgIpc) is 2.41. The van der Waals surface area contributed by atoms with E-state index >= 15 is 0 Å². The molecule has 0 heterocycles. The van der Waals surface area contributed by atoms with Crippen molar-refractivity contribution in [1.29, 1.82) is 0 Å². The van der Waals surface area contributed by atoms with Gasteiger partial charge in [-0.15, -0.1) is 0 Å². The van der Waals surface area contributed by atoms with E-state index in [1.165, 1.54) is 0 Å². The van der Waals surface area contributed by atoms with Crippen molar-refractivity contribution in [2.45, 2.75) is 32.9 Å². The highest BCUT2D eigenvalue weighted by Gasteiger charge is 2.01. The Labute approximate surface area is 116 Å². The lowest BCUT2D eigenvalue weighted by Gasteiger charge is -2.10. The Kier molecular flexibility index (Phi) is 7.30. The molecular formula is C15H25NO3. The summed E-state index contributed by atoms with van der Waals surface area (Å²) in [5.74, 6) is 1.64. The summed E-state index contributed by atoms with van der Waals surface area (Å²) in [6.45, 7) is 6.64. The van der Waals surface area contributed by atoms with Crippen LogP contribution in [-0.2, 0) is 11.3 Å². The van der Waals surface area contributed by atoms with Gasteiger partial charge in [0.05, 0.1) is 20.3 Å².